The van der Waals surface area contributed by atoms with E-state index in [0.717, 1.165) is 45.3 Å². The van der Waals surface area contributed by atoms with Crippen molar-refractivity contribution in [3.63, 3.8) is 0 Å². The zero-order chi connectivity index (χ0) is 23.5. The van der Waals surface area contributed by atoms with Crippen molar-refractivity contribution < 1.29 is 14.4 Å². The van der Waals surface area contributed by atoms with Gasteiger partial charge < -0.3 is 25.2 Å². The highest BCUT2D eigenvalue weighted by Gasteiger charge is 2.27. The van der Waals surface area contributed by atoms with Crippen molar-refractivity contribution in [2.24, 2.45) is 0 Å². The molecule has 0 radical (unpaired) electrons. The van der Waals surface area contributed by atoms with Gasteiger partial charge in [-0.3, -0.25) is 9.69 Å². The van der Waals surface area contributed by atoms with E-state index in [1.807, 2.05) is 19.2 Å². The van der Waals surface area contributed by atoms with Gasteiger partial charge in [0.05, 0.1) is 6.04 Å². The van der Waals surface area contributed by atoms with Crippen LogP contribution in [-0.2, 0) is 9.59 Å². The van der Waals surface area contributed by atoms with Crippen LogP contribution in [0, 0.1) is 0 Å². The van der Waals surface area contributed by atoms with Crippen LogP contribution in [0.5, 0.6) is 0 Å². The molecule has 2 rings (SSSR count). The minimum Gasteiger partial charge on any atom is -0.359 e. The number of carbonyl (C=O) groups is 3. The van der Waals surface area contributed by atoms with Crippen molar-refractivity contribution in [3.8, 4) is 0 Å². The van der Waals surface area contributed by atoms with Gasteiger partial charge in [-0.15, -0.1) is 0 Å². The van der Waals surface area contributed by atoms with Crippen LogP contribution >= 0.6 is 0 Å². The number of amides is 3. The lowest BCUT2D eigenvalue weighted by Crippen LogP contribution is -2.47. The summed E-state index contributed by atoms with van der Waals surface area (Å²) in [6.45, 7) is 4.40. The summed E-state index contributed by atoms with van der Waals surface area (Å²) in [4.78, 5) is 41.8. The molecule has 0 spiro atoms. The average Bonchev–Trinajstić information content (AvgIpc) is 2.82. The SMILES string of the molecule is CNCCCN1CCC(c2ccc(N(C(=O)N(C)C)C(C=O)CCC(=O)NC)cc2)CC1. The van der Waals surface area contributed by atoms with Crippen molar-refractivity contribution in [3.05, 3.63) is 29.8 Å². The summed E-state index contributed by atoms with van der Waals surface area (Å²) >= 11 is 0. The van der Waals surface area contributed by atoms with E-state index in [9.17, 15) is 14.4 Å². The highest BCUT2D eigenvalue weighted by molar-refractivity contribution is 5.96. The molecule has 8 heteroatoms. The Labute approximate surface area is 192 Å². The van der Waals surface area contributed by atoms with Crippen LogP contribution in [0.4, 0.5) is 10.5 Å². The van der Waals surface area contributed by atoms with Gasteiger partial charge in [0.2, 0.25) is 5.91 Å². The fourth-order valence-corrected chi connectivity index (χ4v) is 4.20. The van der Waals surface area contributed by atoms with E-state index in [0.29, 0.717) is 11.6 Å². The largest absolute Gasteiger partial charge is 0.359 e. The molecule has 1 saturated heterocycles. The number of carbonyl (C=O) groups excluding carboxylic acids is 3. The van der Waals surface area contributed by atoms with E-state index in [1.54, 1.807) is 21.1 Å². The summed E-state index contributed by atoms with van der Waals surface area (Å²) < 4.78 is 0. The first-order valence-electron chi connectivity index (χ1n) is 11.5. The Morgan fingerprint density at radius 2 is 1.81 bits per heavy atom. The summed E-state index contributed by atoms with van der Waals surface area (Å²) in [6, 6.07) is 7.02. The second-order valence-corrected chi connectivity index (χ2v) is 8.63. The van der Waals surface area contributed by atoms with Crippen LogP contribution in [0.1, 0.15) is 43.6 Å². The lowest BCUT2D eigenvalue weighted by Gasteiger charge is -2.33. The molecular formula is C24H39N5O3. The first-order chi connectivity index (χ1) is 15.4. The topological polar surface area (TPSA) is 85.0 Å². The Kier molecular flexibility index (Phi) is 10.6. The molecule has 0 bridgehead atoms. The molecule has 178 valence electrons. The van der Waals surface area contributed by atoms with Crippen LogP contribution in [0.3, 0.4) is 0 Å². The Hall–Kier alpha value is -2.45. The van der Waals surface area contributed by atoms with E-state index in [1.165, 1.54) is 21.8 Å². The van der Waals surface area contributed by atoms with Crippen LogP contribution in [0.25, 0.3) is 0 Å². The number of nitrogens with one attached hydrogen (secondary N) is 2. The van der Waals surface area contributed by atoms with Gasteiger partial charge in [0.15, 0.2) is 0 Å². The Morgan fingerprint density at radius 1 is 1.16 bits per heavy atom. The number of hydrogen-bond donors (Lipinski definition) is 2. The fraction of sp³-hybridized carbons (Fsp3) is 0.625. The van der Waals surface area contributed by atoms with Crippen molar-refractivity contribution in [1.29, 1.82) is 0 Å². The third-order valence-corrected chi connectivity index (χ3v) is 6.15. The summed E-state index contributed by atoms with van der Waals surface area (Å²) in [5.41, 5.74) is 1.94. The molecule has 1 unspecified atom stereocenters. The van der Waals surface area contributed by atoms with Crippen molar-refractivity contribution in [2.45, 2.75) is 44.1 Å². The molecule has 1 atom stereocenters. The van der Waals surface area contributed by atoms with Crippen LogP contribution in [0.2, 0.25) is 0 Å². The van der Waals surface area contributed by atoms with Gasteiger partial charge in [-0.05, 0) is 82.5 Å². The van der Waals surface area contributed by atoms with Gasteiger partial charge >= 0.3 is 6.03 Å². The van der Waals surface area contributed by atoms with E-state index >= 15 is 0 Å². The first kappa shape index (κ1) is 25.8. The molecule has 2 N–H and O–H groups in total. The number of urea groups is 1. The standard InChI is InChI=1S/C24H39N5O3/c1-25-14-5-15-28-16-12-20(13-17-28)19-6-8-21(9-7-19)29(24(32)27(3)4)22(18-30)10-11-23(31)26-2/h6-9,18,20,22,25H,5,10-17H2,1-4H3,(H,26,31). The summed E-state index contributed by atoms with van der Waals surface area (Å²) in [6.07, 6.45) is 4.63. The zero-order valence-corrected chi connectivity index (χ0v) is 20.0. The second kappa shape index (κ2) is 13.2. The molecule has 32 heavy (non-hydrogen) atoms. The molecule has 1 heterocycles. The molecular weight excluding hydrogens is 406 g/mol. The number of anilines is 1. The second-order valence-electron chi connectivity index (χ2n) is 8.63. The lowest BCUT2D eigenvalue weighted by atomic mass is 9.89. The maximum Gasteiger partial charge on any atom is 0.324 e. The summed E-state index contributed by atoms with van der Waals surface area (Å²) in [5.74, 6) is 0.361. The maximum atomic E-state index is 12.9. The van der Waals surface area contributed by atoms with Crippen LogP contribution < -0.4 is 15.5 Å². The van der Waals surface area contributed by atoms with Gasteiger partial charge in [0.1, 0.15) is 6.29 Å². The normalized spacial score (nSPS) is 15.8. The maximum absolute atomic E-state index is 12.9. The number of benzene rings is 1. The number of piperidine rings is 1. The van der Waals surface area contributed by atoms with E-state index in [2.05, 4.69) is 27.7 Å². The van der Waals surface area contributed by atoms with Crippen molar-refractivity contribution in [1.82, 2.24) is 20.4 Å². The minimum absolute atomic E-state index is 0.151. The molecule has 3 amide bonds. The van der Waals surface area contributed by atoms with Gasteiger partial charge in [-0.25, -0.2) is 4.79 Å². The minimum atomic E-state index is -0.700. The number of rotatable bonds is 11. The van der Waals surface area contributed by atoms with Gasteiger partial charge in [-0.1, -0.05) is 12.1 Å². The number of aldehydes is 1. The fourth-order valence-electron chi connectivity index (χ4n) is 4.20. The number of nitrogens with zero attached hydrogens (tertiary/aromatic N) is 3. The number of likely N-dealkylation sites (tertiary alicyclic amines) is 1. The third-order valence-electron chi connectivity index (χ3n) is 6.15. The van der Waals surface area contributed by atoms with E-state index < -0.39 is 6.04 Å². The Balaban J connectivity index is 2.08. The lowest BCUT2D eigenvalue weighted by molar-refractivity contribution is -0.120. The summed E-state index contributed by atoms with van der Waals surface area (Å²) in [5, 5.41) is 5.76. The predicted octanol–water partition coefficient (Wildman–Crippen LogP) is 2.06. The molecule has 1 aromatic rings. The van der Waals surface area contributed by atoms with Gasteiger partial charge in [-0.2, -0.15) is 0 Å². The highest BCUT2D eigenvalue weighted by atomic mass is 16.2. The van der Waals surface area contributed by atoms with Crippen LogP contribution in [-0.4, -0.2) is 88.4 Å². The molecule has 8 nitrogen and oxygen atoms in total. The predicted molar refractivity (Wildman–Crippen MR) is 128 cm³/mol. The number of hydrogen-bond acceptors (Lipinski definition) is 5. The molecule has 1 aliphatic rings. The smallest absolute Gasteiger partial charge is 0.324 e. The first-order valence-corrected chi connectivity index (χ1v) is 11.5. The third kappa shape index (κ3) is 7.31. The van der Waals surface area contributed by atoms with Gasteiger partial charge in [0.25, 0.3) is 0 Å². The Bertz CT molecular complexity index is 730. The zero-order valence-electron chi connectivity index (χ0n) is 20.0. The molecule has 1 fully saturated rings. The molecule has 1 aromatic carbocycles. The van der Waals surface area contributed by atoms with Crippen LogP contribution in [0.15, 0.2) is 24.3 Å². The monoisotopic (exact) mass is 445 g/mol. The molecule has 0 aliphatic carbocycles. The van der Waals surface area contributed by atoms with Crippen molar-refractivity contribution in [2.75, 3.05) is 59.3 Å². The van der Waals surface area contributed by atoms with Gasteiger partial charge in [0, 0.05) is 33.3 Å². The molecule has 0 aromatic heterocycles. The molecule has 1 aliphatic heterocycles. The van der Waals surface area contributed by atoms with Crippen molar-refractivity contribution >= 4 is 23.9 Å². The van der Waals surface area contributed by atoms with E-state index in [-0.39, 0.29) is 24.8 Å². The van der Waals surface area contributed by atoms with E-state index in [4.69, 9.17) is 0 Å². The molecule has 0 saturated carbocycles. The Morgan fingerprint density at radius 3 is 2.34 bits per heavy atom. The summed E-state index contributed by atoms with van der Waals surface area (Å²) in [7, 11) is 6.87. The highest BCUT2D eigenvalue weighted by Crippen LogP contribution is 2.30. The quantitative estimate of drug-likeness (QED) is 0.402. The average molecular weight is 446 g/mol.